The highest BCUT2D eigenvalue weighted by Crippen LogP contribution is 2.42. The Morgan fingerprint density at radius 2 is 0.573 bits per heavy atom. The van der Waals surface area contributed by atoms with Gasteiger partial charge in [-0.15, -0.1) is 85.5 Å². The van der Waals surface area contributed by atoms with Crippen molar-refractivity contribution in [3.8, 4) is 142 Å². The first kappa shape index (κ1) is 88.4. The number of thiophene rings is 6. The van der Waals surface area contributed by atoms with Crippen LogP contribution < -0.4 is 0 Å². The van der Waals surface area contributed by atoms with Gasteiger partial charge in [-0.25, -0.2) is 0 Å². The number of aliphatic hydroxyl groups is 2. The Labute approximate surface area is 662 Å². The zero-order chi connectivity index (χ0) is 76.8. The molecule has 532 valence electrons. The van der Waals surface area contributed by atoms with Gasteiger partial charge in [0.2, 0.25) is 0 Å². The van der Waals surface area contributed by atoms with Gasteiger partial charge >= 0.3 is 0 Å². The summed E-state index contributed by atoms with van der Waals surface area (Å²) in [7, 11) is -3.42. The lowest BCUT2D eigenvalue weighted by Crippen LogP contribution is -2.43. The van der Waals surface area contributed by atoms with Gasteiger partial charge in [0.25, 0.3) is 0 Å². The summed E-state index contributed by atoms with van der Waals surface area (Å²) in [6.07, 6.45) is 9.60. The van der Waals surface area contributed by atoms with Crippen molar-refractivity contribution in [3.05, 3.63) is 174 Å². The minimum absolute atomic E-state index is 0.617. The summed E-state index contributed by atoms with van der Waals surface area (Å²) in [5.41, 5.74) is 16.5. The van der Waals surface area contributed by atoms with Crippen LogP contribution in [0, 0.1) is 142 Å². The van der Waals surface area contributed by atoms with Crippen LogP contribution in [-0.4, -0.2) is 37.6 Å². The van der Waals surface area contributed by atoms with E-state index in [1.807, 2.05) is 83.1 Å². The van der Waals surface area contributed by atoms with Gasteiger partial charge in [-0.1, -0.05) is 234 Å². The largest absolute Gasteiger partial charge is 0.378 e. The second-order valence-corrected chi connectivity index (χ2v) is 46.9. The van der Waals surface area contributed by atoms with Gasteiger partial charge in [-0.2, -0.15) is 0 Å². The van der Waals surface area contributed by atoms with Gasteiger partial charge in [-0.3, -0.25) is 0 Å². The van der Waals surface area contributed by atoms with Gasteiger partial charge in [0.05, 0.1) is 58.5 Å². The normalized spacial score (nSPS) is 11.9. The predicted molar refractivity (Wildman–Crippen MR) is 470 cm³/mol. The summed E-state index contributed by atoms with van der Waals surface area (Å²) >= 11 is 12.0. The molecular formula is C92H101IO2S6Si2. The van der Waals surface area contributed by atoms with E-state index in [9.17, 15) is 10.2 Å². The number of terminal acetylenes is 1. The molecule has 0 aliphatic rings. The molecule has 0 unspecified atom stereocenters. The van der Waals surface area contributed by atoms with E-state index in [1.54, 1.807) is 61.7 Å². The Morgan fingerprint density at radius 3 is 0.816 bits per heavy atom. The molecule has 103 heavy (non-hydrogen) atoms. The van der Waals surface area contributed by atoms with Crippen LogP contribution in [0.5, 0.6) is 0 Å². The fourth-order valence-corrected chi connectivity index (χ4v) is 26.6. The Kier molecular flexibility index (Phi) is 36.7. The van der Waals surface area contributed by atoms with Crippen molar-refractivity contribution < 1.29 is 10.2 Å². The fraction of sp³-hybridized carbons (Fsp3) is 0.391. The maximum absolute atomic E-state index is 9.80. The van der Waals surface area contributed by atoms with Gasteiger partial charge < -0.3 is 10.2 Å². The molecule has 6 heterocycles. The second kappa shape index (κ2) is 42.8. The molecular weight excluding hydrogens is 1510 g/mol. The topological polar surface area (TPSA) is 40.5 Å². The fourth-order valence-electron chi connectivity index (χ4n) is 11.1. The minimum atomic E-state index is -1.76. The predicted octanol–water partition coefficient (Wildman–Crippen LogP) is 24.7. The number of hydrogen-bond acceptors (Lipinski definition) is 8. The van der Waals surface area contributed by atoms with Gasteiger partial charge in [-0.05, 0) is 211 Å². The van der Waals surface area contributed by atoms with Crippen LogP contribution in [-0.2, 0) is 0 Å². The van der Waals surface area contributed by atoms with E-state index in [4.69, 9.17) is 6.42 Å². The quantitative estimate of drug-likeness (QED) is 0.0815. The first-order valence-corrected chi connectivity index (χ1v) is 45.6. The van der Waals surface area contributed by atoms with Crippen molar-refractivity contribution in [1.29, 1.82) is 0 Å². The molecule has 0 aliphatic heterocycles. The van der Waals surface area contributed by atoms with Crippen LogP contribution in [0.3, 0.4) is 0 Å². The molecule has 0 atom stereocenters. The number of allylic oxidation sites excluding steroid dienone is 8. The summed E-state index contributed by atoms with van der Waals surface area (Å²) in [6, 6.07) is 24.1. The second-order valence-electron chi connectivity index (χ2n) is 27.9. The number of rotatable bonds is 10. The summed E-state index contributed by atoms with van der Waals surface area (Å²) in [5, 5.41) is 19.5. The minimum Gasteiger partial charge on any atom is -0.378 e. The van der Waals surface area contributed by atoms with E-state index in [0.717, 1.165) is 111 Å². The number of halogens is 1. The molecule has 0 saturated carbocycles. The van der Waals surface area contributed by atoms with Crippen LogP contribution >= 0.6 is 90.6 Å². The highest BCUT2D eigenvalue weighted by Gasteiger charge is 2.43. The van der Waals surface area contributed by atoms with Gasteiger partial charge in [0.1, 0.15) is 27.3 Å². The molecule has 6 aromatic heterocycles. The van der Waals surface area contributed by atoms with Crippen molar-refractivity contribution >= 4 is 107 Å². The van der Waals surface area contributed by atoms with Crippen molar-refractivity contribution in [3.63, 3.8) is 0 Å². The van der Waals surface area contributed by atoms with Crippen LogP contribution in [0.25, 0.3) is 0 Å². The molecule has 0 fully saturated rings. The van der Waals surface area contributed by atoms with Crippen molar-refractivity contribution in [2.24, 2.45) is 0 Å². The molecule has 0 spiro atoms. The molecule has 6 aromatic rings. The molecule has 0 radical (unpaired) electrons. The van der Waals surface area contributed by atoms with Crippen LogP contribution in [0.2, 0.25) is 33.2 Å². The van der Waals surface area contributed by atoms with E-state index in [2.05, 4.69) is 286 Å². The lowest BCUT2D eigenvalue weighted by Gasteiger charge is -2.38. The average molecular weight is 1610 g/mol. The third kappa shape index (κ3) is 29.8. The summed E-state index contributed by atoms with van der Waals surface area (Å²) < 4.78 is 1.37. The Morgan fingerprint density at radius 1 is 0.350 bits per heavy atom. The maximum atomic E-state index is 9.80. The van der Waals surface area contributed by atoms with Crippen LogP contribution in [0.4, 0.5) is 0 Å². The molecule has 2 nitrogen and oxygen atoms in total. The highest BCUT2D eigenvalue weighted by atomic mass is 127. The first-order chi connectivity index (χ1) is 48.4. The van der Waals surface area contributed by atoms with E-state index in [-0.39, 0.29) is 0 Å². The third-order valence-corrected chi connectivity index (χ3v) is 36.3. The molecule has 0 bridgehead atoms. The third-order valence-electron chi connectivity index (χ3n) is 16.8. The van der Waals surface area contributed by atoms with Gasteiger partial charge in [0.15, 0.2) is 0 Å². The van der Waals surface area contributed by atoms with Crippen LogP contribution in [0.1, 0.15) is 250 Å². The summed E-state index contributed by atoms with van der Waals surface area (Å²) in [6.45, 7) is 51.4. The Balaban J connectivity index is 0.000000354. The average Bonchev–Trinajstić information content (AvgIpc) is 1.40. The molecule has 11 heteroatoms. The maximum Gasteiger partial charge on any atom is 0.146 e. The summed E-state index contributed by atoms with van der Waals surface area (Å²) in [5.74, 6) is 67.0. The van der Waals surface area contributed by atoms with Crippen molar-refractivity contribution in [1.82, 2.24) is 0 Å². The monoisotopic (exact) mass is 1610 g/mol. The molecule has 0 amide bonds. The lowest BCUT2D eigenvalue weighted by atomic mass is 10.1. The zero-order valence-electron chi connectivity index (χ0n) is 65.0. The lowest BCUT2D eigenvalue weighted by molar-refractivity contribution is 0.143. The van der Waals surface area contributed by atoms with E-state index in [0.29, 0.717) is 33.2 Å². The molecule has 2 N–H and O–H groups in total. The van der Waals surface area contributed by atoms with Crippen LogP contribution in [0.15, 0.2) is 115 Å². The van der Waals surface area contributed by atoms with E-state index < -0.39 is 27.3 Å². The summed E-state index contributed by atoms with van der Waals surface area (Å²) in [4.78, 5) is 11.8. The van der Waals surface area contributed by atoms with E-state index in [1.165, 1.54) is 49.6 Å². The SMILES string of the molecule is C#Cc1ccc(C#C/C(C)=C(/C#Cc2ccc(C#CC(C)(C)O)s2)CCC)s1.C/C(C#Cc1ccc(C#C/C(C)=C(\C)C#Cc2ccc(C#C[Si](C(C)C)(C(C)C)C(C)C)s2)s1)=C(/C)C#Cc1ccc(C#CC(C)(C)O)s1.CCC/C(I)=C(/C)C#Cc1ccc(C#C[Si](C(C)C)(C(C)C)C(C)C)s1. The Hall–Kier alpha value is -7.04. The molecule has 0 aromatic carbocycles. The van der Waals surface area contributed by atoms with E-state index >= 15 is 0 Å². The molecule has 6 rings (SSSR count). The number of hydrogen-bond donors (Lipinski definition) is 2. The molecule has 0 aliphatic carbocycles. The van der Waals surface area contributed by atoms with Crippen molar-refractivity contribution in [2.75, 3.05) is 0 Å². The highest BCUT2D eigenvalue weighted by molar-refractivity contribution is 14.1. The Bertz CT molecular complexity index is 4830. The molecule has 0 saturated heterocycles. The standard InChI is InChI=1S/C44H46OS3Si.C25H22OS2.C23H33ISSi/c1-31(2)49(32(3)4,33(5)6)30-28-43-26-24-41(48-43)20-16-37(10)35(8)14-18-39-22-21-38(46-39)17-13-34(7)36(9)15-19-40-23-25-42(47-40)27-29-44(11,12)45;1-6-8-20(19(3)9-11-22-14-13-21(7-2)27-22)10-12-23-15-16-24(28-23)17-18-25(4,5)26;1-9-10-23(24)20(8)11-12-21-13-14-22(25-21)15-16-26(17(2)3,18(4)5)19(6)7/h21-26,31-33,45H,1-12H3;2,13-16,26H,6,8H2,1,3-5H3;13-14,17-19H,9-10H2,1-8H3/b36-34+,37-35+;20-19+;23-20+. The zero-order valence-corrected chi connectivity index (χ0v) is 74.1. The van der Waals surface area contributed by atoms with Gasteiger partial charge in [0, 0.05) is 42.6 Å². The first-order valence-electron chi connectivity index (χ1n) is 35.1. The smallest absolute Gasteiger partial charge is 0.146 e. The van der Waals surface area contributed by atoms with Crippen molar-refractivity contribution in [2.45, 2.75) is 236 Å².